The van der Waals surface area contributed by atoms with Crippen LogP contribution < -0.4 is 16.2 Å². The van der Waals surface area contributed by atoms with Gasteiger partial charge in [0.15, 0.2) is 5.11 Å². The highest BCUT2D eigenvalue weighted by molar-refractivity contribution is 7.80. The van der Waals surface area contributed by atoms with Gasteiger partial charge in [-0.2, -0.15) is 0 Å². The second kappa shape index (κ2) is 6.41. The summed E-state index contributed by atoms with van der Waals surface area (Å²) in [6.07, 6.45) is 0. The van der Waals surface area contributed by atoms with Gasteiger partial charge in [0.05, 0.1) is 5.69 Å². The second-order valence-electron chi connectivity index (χ2n) is 4.08. The fourth-order valence-electron chi connectivity index (χ4n) is 1.55. The number of hydrogen-bond donors (Lipinski definition) is 3. The normalized spacial score (nSPS) is 9.79. The summed E-state index contributed by atoms with van der Waals surface area (Å²) < 4.78 is 0. The molecule has 5 heteroatoms. The third-order valence-electron chi connectivity index (χ3n) is 2.44. The highest BCUT2D eigenvalue weighted by atomic mass is 35.5. The van der Waals surface area contributed by atoms with E-state index in [1.165, 1.54) is 5.56 Å². The maximum Gasteiger partial charge on any atom is 0.189 e. The zero-order valence-corrected chi connectivity index (χ0v) is 12.0. The summed E-state index contributed by atoms with van der Waals surface area (Å²) in [6.45, 7) is 2.04. The van der Waals surface area contributed by atoms with Crippen LogP contribution in [-0.4, -0.2) is 5.11 Å². The lowest BCUT2D eigenvalue weighted by Crippen LogP contribution is -2.33. The molecule has 0 bridgehead atoms. The highest BCUT2D eigenvalue weighted by Crippen LogP contribution is 2.13. The van der Waals surface area contributed by atoms with Gasteiger partial charge in [-0.25, -0.2) is 0 Å². The maximum atomic E-state index is 5.82. The third-order valence-corrected chi connectivity index (χ3v) is 2.90. The van der Waals surface area contributed by atoms with Crippen LogP contribution in [0.3, 0.4) is 0 Å². The van der Waals surface area contributed by atoms with Crippen molar-refractivity contribution in [2.75, 3.05) is 10.7 Å². The molecule has 0 heterocycles. The monoisotopic (exact) mass is 291 g/mol. The van der Waals surface area contributed by atoms with Crippen molar-refractivity contribution < 1.29 is 0 Å². The molecule has 0 saturated heterocycles. The standard InChI is InChI=1S/C14H14ClN3S/c1-10-3-2-4-13(9-10)17-18-14(19)16-12-7-5-11(15)6-8-12/h2-9,17H,1H3,(H2,16,18,19). The Balaban J connectivity index is 1.86. The molecular formula is C14H14ClN3S. The van der Waals surface area contributed by atoms with Crippen molar-refractivity contribution in [3.05, 3.63) is 59.1 Å². The van der Waals surface area contributed by atoms with Gasteiger partial charge in [0.1, 0.15) is 0 Å². The first-order valence-corrected chi connectivity index (χ1v) is 6.57. The minimum Gasteiger partial charge on any atom is -0.331 e. The lowest BCUT2D eigenvalue weighted by molar-refractivity contribution is 1.13. The Hall–Kier alpha value is -1.78. The largest absolute Gasteiger partial charge is 0.331 e. The molecule has 0 spiro atoms. The van der Waals surface area contributed by atoms with Crippen LogP contribution in [0.15, 0.2) is 48.5 Å². The maximum absolute atomic E-state index is 5.82. The van der Waals surface area contributed by atoms with E-state index in [4.69, 9.17) is 23.8 Å². The van der Waals surface area contributed by atoms with Crippen LogP contribution in [0.2, 0.25) is 5.02 Å². The molecule has 3 N–H and O–H groups in total. The third kappa shape index (κ3) is 4.43. The van der Waals surface area contributed by atoms with Gasteiger partial charge in [-0.15, -0.1) is 0 Å². The van der Waals surface area contributed by atoms with Crippen molar-refractivity contribution >= 4 is 40.3 Å². The molecule has 0 amide bonds. The summed E-state index contributed by atoms with van der Waals surface area (Å²) in [5.74, 6) is 0. The van der Waals surface area contributed by atoms with E-state index < -0.39 is 0 Å². The first kappa shape index (κ1) is 13.6. The quantitative estimate of drug-likeness (QED) is 0.591. The molecule has 0 aromatic heterocycles. The van der Waals surface area contributed by atoms with E-state index in [1.807, 2.05) is 43.3 Å². The number of aryl methyl sites for hydroxylation is 1. The second-order valence-corrected chi connectivity index (χ2v) is 4.93. The van der Waals surface area contributed by atoms with E-state index in [0.29, 0.717) is 10.1 Å². The van der Waals surface area contributed by atoms with Gasteiger partial charge < -0.3 is 5.32 Å². The molecule has 0 aliphatic carbocycles. The lowest BCUT2D eigenvalue weighted by Gasteiger charge is -2.12. The Bertz CT molecular complexity index is 569. The molecule has 0 fully saturated rings. The summed E-state index contributed by atoms with van der Waals surface area (Å²) in [6, 6.07) is 15.3. The van der Waals surface area contributed by atoms with Crippen LogP contribution in [-0.2, 0) is 0 Å². The van der Waals surface area contributed by atoms with E-state index in [2.05, 4.69) is 16.2 Å². The van der Waals surface area contributed by atoms with Gasteiger partial charge >= 0.3 is 0 Å². The number of halogens is 1. The van der Waals surface area contributed by atoms with E-state index in [9.17, 15) is 0 Å². The number of anilines is 2. The van der Waals surface area contributed by atoms with Gasteiger partial charge in [0, 0.05) is 10.7 Å². The summed E-state index contributed by atoms with van der Waals surface area (Å²) in [5, 5.41) is 4.24. The Kier molecular flexibility index (Phi) is 4.60. The topological polar surface area (TPSA) is 36.1 Å². The van der Waals surface area contributed by atoms with Crippen LogP contribution in [0.25, 0.3) is 0 Å². The van der Waals surface area contributed by atoms with Gasteiger partial charge in [-0.1, -0.05) is 23.7 Å². The Morgan fingerprint density at radius 2 is 1.79 bits per heavy atom. The smallest absolute Gasteiger partial charge is 0.189 e. The molecule has 2 rings (SSSR count). The van der Waals surface area contributed by atoms with Gasteiger partial charge in [-0.3, -0.25) is 10.9 Å². The molecular weight excluding hydrogens is 278 g/mol. The number of hydrogen-bond acceptors (Lipinski definition) is 2. The average Bonchev–Trinajstić information content (AvgIpc) is 2.39. The highest BCUT2D eigenvalue weighted by Gasteiger charge is 1.97. The number of hydrazine groups is 1. The van der Waals surface area contributed by atoms with E-state index in [-0.39, 0.29) is 0 Å². The first-order chi connectivity index (χ1) is 9.13. The molecule has 98 valence electrons. The van der Waals surface area contributed by atoms with Gasteiger partial charge in [-0.05, 0) is 61.1 Å². The molecule has 0 unspecified atom stereocenters. The zero-order valence-electron chi connectivity index (χ0n) is 10.4. The minimum atomic E-state index is 0.490. The molecule has 0 aliphatic heterocycles. The van der Waals surface area contributed by atoms with Crippen molar-refractivity contribution in [2.24, 2.45) is 0 Å². The molecule has 2 aromatic carbocycles. The van der Waals surface area contributed by atoms with Crippen molar-refractivity contribution in [3.63, 3.8) is 0 Å². The Labute approximate surface area is 123 Å². The number of thiocarbonyl (C=S) groups is 1. The molecule has 3 nitrogen and oxygen atoms in total. The van der Waals surface area contributed by atoms with Crippen molar-refractivity contribution in [1.82, 2.24) is 5.43 Å². The number of rotatable bonds is 3. The van der Waals surface area contributed by atoms with Crippen LogP contribution in [0, 0.1) is 6.92 Å². The zero-order chi connectivity index (χ0) is 13.7. The molecule has 0 atom stereocenters. The number of benzene rings is 2. The van der Waals surface area contributed by atoms with E-state index in [0.717, 1.165) is 11.4 Å². The van der Waals surface area contributed by atoms with Crippen LogP contribution in [0.1, 0.15) is 5.56 Å². The van der Waals surface area contributed by atoms with E-state index >= 15 is 0 Å². The van der Waals surface area contributed by atoms with E-state index in [1.54, 1.807) is 12.1 Å². The summed E-state index contributed by atoms with van der Waals surface area (Å²) in [7, 11) is 0. The van der Waals surface area contributed by atoms with Crippen LogP contribution in [0.4, 0.5) is 11.4 Å². The van der Waals surface area contributed by atoms with Crippen LogP contribution >= 0.6 is 23.8 Å². The lowest BCUT2D eigenvalue weighted by atomic mass is 10.2. The summed E-state index contributed by atoms with van der Waals surface area (Å²) in [4.78, 5) is 0. The fourth-order valence-corrected chi connectivity index (χ4v) is 1.84. The SMILES string of the molecule is Cc1cccc(NNC(=S)Nc2ccc(Cl)cc2)c1. The Morgan fingerprint density at radius 1 is 1.05 bits per heavy atom. The molecule has 0 saturated carbocycles. The molecule has 0 aliphatic rings. The summed E-state index contributed by atoms with van der Waals surface area (Å²) >= 11 is 11.0. The fraction of sp³-hybridized carbons (Fsp3) is 0.0714. The Morgan fingerprint density at radius 3 is 2.47 bits per heavy atom. The summed E-state index contributed by atoms with van der Waals surface area (Å²) in [5.41, 5.74) is 8.99. The molecule has 19 heavy (non-hydrogen) atoms. The predicted octanol–water partition coefficient (Wildman–Crippen LogP) is 3.96. The van der Waals surface area contributed by atoms with Crippen molar-refractivity contribution in [1.29, 1.82) is 0 Å². The minimum absolute atomic E-state index is 0.490. The van der Waals surface area contributed by atoms with Crippen molar-refractivity contribution in [2.45, 2.75) is 6.92 Å². The van der Waals surface area contributed by atoms with Crippen LogP contribution in [0.5, 0.6) is 0 Å². The average molecular weight is 292 g/mol. The molecule has 0 radical (unpaired) electrons. The van der Waals surface area contributed by atoms with Crippen molar-refractivity contribution in [3.8, 4) is 0 Å². The first-order valence-electron chi connectivity index (χ1n) is 5.79. The van der Waals surface area contributed by atoms with Gasteiger partial charge in [0.25, 0.3) is 0 Å². The number of nitrogens with one attached hydrogen (secondary N) is 3. The molecule has 2 aromatic rings. The van der Waals surface area contributed by atoms with Gasteiger partial charge in [0.2, 0.25) is 0 Å². The predicted molar refractivity (Wildman–Crippen MR) is 85.6 cm³/mol.